The van der Waals surface area contributed by atoms with E-state index in [0.717, 1.165) is 56.3 Å². The Hall–Kier alpha value is -1.59. The molecule has 0 aromatic heterocycles. The monoisotopic (exact) mass is 351 g/mol. The average molecular weight is 351 g/mol. The number of urea groups is 1. The fraction of sp³-hybridized carbons (Fsp3) is 0.842. The Balaban J connectivity index is 1.85. The average Bonchev–Trinajstić information content (AvgIpc) is 2.77. The predicted molar refractivity (Wildman–Crippen MR) is 97.0 cm³/mol. The molecule has 1 saturated carbocycles. The smallest absolute Gasteiger partial charge is 0.325 e. The van der Waals surface area contributed by atoms with Gasteiger partial charge in [-0.1, -0.05) is 58.3 Å². The van der Waals surface area contributed by atoms with Crippen LogP contribution in [-0.2, 0) is 9.59 Å². The first kappa shape index (κ1) is 19.7. The maximum atomic E-state index is 12.6. The number of unbranched alkanes of at least 4 members (excludes halogenated alkanes) is 3. The van der Waals surface area contributed by atoms with E-state index in [-0.39, 0.29) is 24.4 Å². The third-order valence-electron chi connectivity index (χ3n) is 5.40. The Labute approximate surface area is 151 Å². The molecule has 142 valence electrons. The number of carbonyl (C=O) groups excluding carboxylic acids is 3. The SMILES string of the molecule is CCCCCCC1(C)NC(=O)N(CC(=O)NC2CCCCCC2)C1=O. The second-order valence-corrected chi connectivity index (χ2v) is 7.72. The van der Waals surface area contributed by atoms with Crippen molar-refractivity contribution >= 4 is 17.8 Å². The fourth-order valence-electron chi connectivity index (χ4n) is 3.81. The van der Waals surface area contributed by atoms with E-state index in [1.54, 1.807) is 6.92 Å². The molecule has 0 spiro atoms. The maximum Gasteiger partial charge on any atom is 0.325 e. The summed E-state index contributed by atoms with van der Waals surface area (Å²) in [5.74, 6) is -0.504. The zero-order chi connectivity index (χ0) is 18.3. The van der Waals surface area contributed by atoms with Gasteiger partial charge in [0.2, 0.25) is 5.91 Å². The molecule has 6 nitrogen and oxygen atoms in total. The molecule has 0 aromatic carbocycles. The van der Waals surface area contributed by atoms with Gasteiger partial charge in [-0.2, -0.15) is 0 Å². The number of hydrogen-bond acceptors (Lipinski definition) is 3. The van der Waals surface area contributed by atoms with Crippen molar-refractivity contribution in [3.63, 3.8) is 0 Å². The van der Waals surface area contributed by atoms with E-state index in [9.17, 15) is 14.4 Å². The summed E-state index contributed by atoms with van der Waals surface area (Å²) in [4.78, 5) is 38.2. The summed E-state index contributed by atoms with van der Waals surface area (Å²) in [6.45, 7) is 3.73. The van der Waals surface area contributed by atoms with Crippen molar-refractivity contribution in [3.8, 4) is 0 Å². The molecule has 2 aliphatic rings. The summed E-state index contributed by atoms with van der Waals surface area (Å²) in [6, 6.07) is -0.268. The number of amides is 4. The second-order valence-electron chi connectivity index (χ2n) is 7.72. The van der Waals surface area contributed by atoms with Crippen LogP contribution in [0.4, 0.5) is 4.79 Å². The number of imide groups is 1. The summed E-state index contributed by atoms with van der Waals surface area (Å²) < 4.78 is 0. The molecule has 1 aliphatic heterocycles. The number of rotatable bonds is 8. The third kappa shape index (κ3) is 5.44. The summed E-state index contributed by atoms with van der Waals surface area (Å²) in [5.41, 5.74) is -0.868. The van der Waals surface area contributed by atoms with E-state index >= 15 is 0 Å². The highest BCUT2D eigenvalue weighted by atomic mass is 16.2. The van der Waals surface area contributed by atoms with Crippen molar-refractivity contribution in [1.82, 2.24) is 15.5 Å². The molecule has 6 heteroatoms. The summed E-state index contributed by atoms with van der Waals surface area (Å²) in [5, 5.41) is 5.78. The van der Waals surface area contributed by atoms with Crippen LogP contribution in [0.25, 0.3) is 0 Å². The molecule has 25 heavy (non-hydrogen) atoms. The Kier molecular flexibility index (Phi) is 7.26. The van der Waals surface area contributed by atoms with Crippen LogP contribution < -0.4 is 10.6 Å². The van der Waals surface area contributed by atoms with Gasteiger partial charge in [-0.05, 0) is 26.2 Å². The molecule has 1 saturated heterocycles. The quantitative estimate of drug-likeness (QED) is 0.401. The van der Waals surface area contributed by atoms with E-state index < -0.39 is 11.6 Å². The van der Waals surface area contributed by atoms with Gasteiger partial charge in [0.25, 0.3) is 5.91 Å². The minimum atomic E-state index is -0.868. The van der Waals surface area contributed by atoms with Gasteiger partial charge in [0, 0.05) is 6.04 Å². The first-order valence-corrected chi connectivity index (χ1v) is 9.90. The number of nitrogens with zero attached hydrogens (tertiary/aromatic N) is 1. The van der Waals surface area contributed by atoms with Gasteiger partial charge in [0.15, 0.2) is 0 Å². The molecular weight excluding hydrogens is 318 g/mol. The van der Waals surface area contributed by atoms with Crippen LogP contribution in [-0.4, -0.2) is 40.9 Å². The molecule has 1 aliphatic carbocycles. The van der Waals surface area contributed by atoms with Crippen molar-refractivity contribution in [2.24, 2.45) is 0 Å². The lowest BCUT2D eigenvalue weighted by molar-refractivity contribution is -0.135. The zero-order valence-corrected chi connectivity index (χ0v) is 15.7. The van der Waals surface area contributed by atoms with Crippen molar-refractivity contribution in [2.75, 3.05) is 6.54 Å². The molecule has 2 N–H and O–H groups in total. The highest BCUT2D eigenvalue weighted by molar-refractivity contribution is 6.08. The molecule has 1 unspecified atom stereocenters. The van der Waals surface area contributed by atoms with Gasteiger partial charge >= 0.3 is 6.03 Å². The Bertz CT molecular complexity index is 486. The molecular formula is C19H33N3O3. The second kappa shape index (κ2) is 9.20. The summed E-state index contributed by atoms with van der Waals surface area (Å²) in [6.07, 6.45) is 11.5. The normalized spacial score (nSPS) is 25.0. The fourth-order valence-corrected chi connectivity index (χ4v) is 3.81. The van der Waals surface area contributed by atoms with Crippen LogP contribution in [0.15, 0.2) is 0 Å². The van der Waals surface area contributed by atoms with Crippen molar-refractivity contribution in [2.45, 2.75) is 96.1 Å². The first-order chi connectivity index (χ1) is 12.0. The van der Waals surface area contributed by atoms with Crippen LogP contribution >= 0.6 is 0 Å². The first-order valence-electron chi connectivity index (χ1n) is 9.90. The van der Waals surface area contributed by atoms with Crippen LogP contribution in [0, 0.1) is 0 Å². The topological polar surface area (TPSA) is 78.5 Å². The van der Waals surface area contributed by atoms with Crippen LogP contribution in [0.5, 0.6) is 0 Å². The lowest BCUT2D eigenvalue weighted by Gasteiger charge is -2.22. The van der Waals surface area contributed by atoms with Crippen molar-refractivity contribution < 1.29 is 14.4 Å². The van der Waals surface area contributed by atoms with Gasteiger partial charge in [0.05, 0.1) is 0 Å². The molecule has 2 rings (SSSR count). The van der Waals surface area contributed by atoms with Crippen molar-refractivity contribution in [3.05, 3.63) is 0 Å². The van der Waals surface area contributed by atoms with E-state index in [2.05, 4.69) is 17.6 Å². The Morgan fingerprint density at radius 3 is 2.48 bits per heavy atom. The van der Waals surface area contributed by atoms with Crippen LogP contribution in [0.3, 0.4) is 0 Å². The highest BCUT2D eigenvalue weighted by Crippen LogP contribution is 2.24. The summed E-state index contributed by atoms with van der Waals surface area (Å²) >= 11 is 0. The van der Waals surface area contributed by atoms with E-state index in [4.69, 9.17) is 0 Å². The molecule has 0 bridgehead atoms. The van der Waals surface area contributed by atoms with E-state index in [1.165, 1.54) is 12.8 Å². The van der Waals surface area contributed by atoms with Crippen molar-refractivity contribution in [1.29, 1.82) is 0 Å². The molecule has 2 fully saturated rings. The van der Waals surface area contributed by atoms with Gasteiger partial charge in [-0.3, -0.25) is 14.5 Å². The van der Waals surface area contributed by atoms with Crippen LogP contribution in [0.2, 0.25) is 0 Å². The lowest BCUT2D eigenvalue weighted by Crippen LogP contribution is -2.46. The number of nitrogens with one attached hydrogen (secondary N) is 2. The third-order valence-corrected chi connectivity index (χ3v) is 5.40. The van der Waals surface area contributed by atoms with Crippen LogP contribution in [0.1, 0.15) is 84.5 Å². The van der Waals surface area contributed by atoms with Gasteiger partial charge in [-0.25, -0.2) is 4.79 Å². The molecule has 1 heterocycles. The van der Waals surface area contributed by atoms with Gasteiger partial charge in [0.1, 0.15) is 12.1 Å². The van der Waals surface area contributed by atoms with Gasteiger partial charge < -0.3 is 10.6 Å². The molecule has 0 aromatic rings. The molecule has 1 atom stereocenters. The predicted octanol–water partition coefficient (Wildman–Crippen LogP) is 3.11. The lowest BCUT2D eigenvalue weighted by atomic mass is 9.94. The maximum absolute atomic E-state index is 12.6. The zero-order valence-electron chi connectivity index (χ0n) is 15.7. The van der Waals surface area contributed by atoms with Gasteiger partial charge in [-0.15, -0.1) is 0 Å². The Morgan fingerprint density at radius 2 is 1.84 bits per heavy atom. The number of carbonyl (C=O) groups is 3. The Morgan fingerprint density at radius 1 is 1.16 bits per heavy atom. The van der Waals surface area contributed by atoms with E-state index in [0.29, 0.717) is 6.42 Å². The highest BCUT2D eigenvalue weighted by Gasteiger charge is 2.47. The van der Waals surface area contributed by atoms with E-state index in [1.807, 2.05) is 0 Å². The molecule has 4 amide bonds. The minimum Gasteiger partial charge on any atom is -0.352 e. The standard InChI is InChI=1S/C19H33N3O3/c1-3-4-5-10-13-19(2)17(24)22(18(25)21-19)14-16(23)20-15-11-8-6-7-9-12-15/h15H,3-14H2,1-2H3,(H,20,23)(H,21,25). The minimum absolute atomic E-state index is 0.175. The molecule has 0 radical (unpaired) electrons. The summed E-state index contributed by atoms with van der Waals surface area (Å²) in [7, 11) is 0. The largest absolute Gasteiger partial charge is 0.352 e. The number of hydrogen-bond donors (Lipinski definition) is 2.